The molecule has 8 nitrogen and oxygen atoms in total. The summed E-state index contributed by atoms with van der Waals surface area (Å²) in [7, 11) is -0.863. The SMILES string of the molecule is CCCCCCCCCOC(=O)CCCCCCCN(CCCCCCCC(=O)OC(CCCCCCCC)CCCCCCCC)CCCn1cc(S(C)(C)C)nn1. The highest BCUT2D eigenvalue weighted by Crippen LogP contribution is 2.43. The Morgan fingerprint density at radius 1 is 0.559 bits per heavy atom. The van der Waals surface area contributed by atoms with Crippen molar-refractivity contribution in [2.24, 2.45) is 0 Å². The maximum atomic E-state index is 12.9. The maximum Gasteiger partial charge on any atom is 0.306 e. The van der Waals surface area contributed by atoms with Crippen LogP contribution in [0, 0.1) is 0 Å². The second-order valence-corrected chi connectivity index (χ2v) is 22.5. The van der Waals surface area contributed by atoms with E-state index in [0.717, 1.165) is 82.6 Å². The molecule has 0 fully saturated rings. The number of carbonyl (C=O) groups excluding carboxylic acids is 2. The smallest absolute Gasteiger partial charge is 0.306 e. The summed E-state index contributed by atoms with van der Waals surface area (Å²) in [6.45, 7) is 11.6. The lowest BCUT2D eigenvalue weighted by Gasteiger charge is -2.22. The Morgan fingerprint density at radius 3 is 1.47 bits per heavy atom. The molecule has 0 aliphatic carbocycles. The number of unbranched alkanes of at least 4 members (excludes halogenated alkanes) is 24. The molecule has 0 aliphatic heterocycles. The van der Waals surface area contributed by atoms with Crippen molar-refractivity contribution in [2.75, 3.05) is 45.0 Å². The first-order chi connectivity index (χ1) is 28.7. The van der Waals surface area contributed by atoms with E-state index in [0.29, 0.717) is 19.4 Å². The third-order valence-electron chi connectivity index (χ3n) is 11.8. The van der Waals surface area contributed by atoms with Gasteiger partial charge in [-0.3, -0.25) is 14.3 Å². The van der Waals surface area contributed by atoms with E-state index in [1.807, 2.05) is 4.68 Å². The molecule has 0 spiro atoms. The first-order valence-corrected chi connectivity index (χ1v) is 28.2. The van der Waals surface area contributed by atoms with Crippen molar-refractivity contribution in [3.05, 3.63) is 6.20 Å². The van der Waals surface area contributed by atoms with Crippen molar-refractivity contribution in [3.63, 3.8) is 0 Å². The van der Waals surface area contributed by atoms with E-state index < -0.39 is 10.0 Å². The average Bonchev–Trinajstić information content (AvgIpc) is 3.70. The molecule has 348 valence electrons. The molecule has 0 amide bonds. The number of ether oxygens (including phenoxy) is 2. The summed E-state index contributed by atoms with van der Waals surface area (Å²) in [6, 6.07) is 0. The zero-order valence-corrected chi connectivity index (χ0v) is 40.9. The second-order valence-electron chi connectivity index (χ2n) is 18.5. The van der Waals surface area contributed by atoms with Crippen LogP contribution in [0.15, 0.2) is 11.2 Å². The largest absolute Gasteiger partial charge is 0.466 e. The van der Waals surface area contributed by atoms with Crippen LogP contribution in [0.5, 0.6) is 0 Å². The van der Waals surface area contributed by atoms with Crippen molar-refractivity contribution in [1.29, 1.82) is 0 Å². The average molecular weight is 851 g/mol. The van der Waals surface area contributed by atoms with E-state index in [1.54, 1.807) is 0 Å². The van der Waals surface area contributed by atoms with Crippen LogP contribution in [-0.2, 0) is 25.6 Å². The number of aromatic nitrogens is 3. The van der Waals surface area contributed by atoms with Gasteiger partial charge in [-0.2, -0.15) is 0 Å². The molecule has 0 unspecified atom stereocenters. The van der Waals surface area contributed by atoms with Crippen LogP contribution in [-0.4, -0.2) is 82.9 Å². The number of rotatable bonds is 44. The predicted octanol–water partition coefficient (Wildman–Crippen LogP) is 14.4. The highest BCUT2D eigenvalue weighted by Gasteiger charge is 2.15. The van der Waals surface area contributed by atoms with Crippen LogP contribution >= 0.6 is 10.0 Å². The van der Waals surface area contributed by atoms with Crippen LogP contribution in [0.25, 0.3) is 0 Å². The first kappa shape index (κ1) is 55.4. The van der Waals surface area contributed by atoms with Crippen molar-refractivity contribution < 1.29 is 19.1 Å². The van der Waals surface area contributed by atoms with E-state index in [4.69, 9.17) is 9.47 Å². The molecule has 0 bridgehead atoms. The van der Waals surface area contributed by atoms with Gasteiger partial charge in [0.05, 0.1) is 12.8 Å². The molecule has 9 heteroatoms. The molecule has 0 aliphatic rings. The van der Waals surface area contributed by atoms with Crippen molar-refractivity contribution in [1.82, 2.24) is 19.9 Å². The molecule has 0 aromatic carbocycles. The molecule has 1 heterocycles. The van der Waals surface area contributed by atoms with Gasteiger partial charge in [0.1, 0.15) is 11.1 Å². The Morgan fingerprint density at radius 2 is 0.983 bits per heavy atom. The fraction of sp³-hybridized carbons (Fsp3) is 0.920. The summed E-state index contributed by atoms with van der Waals surface area (Å²) >= 11 is 0. The van der Waals surface area contributed by atoms with Gasteiger partial charge in [0.15, 0.2) is 0 Å². The summed E-state index contributed by atoms with van der Waals surface area (Å²) in [5.41, 5.74) is 0. The van der Waals surface area contributed by atoms with Crippen LogP contribution in [0.1, 0.15) is 239 Å². The fourth-order valence-corrected chi connectivity index (χ4v) is 8.58. The molecule has 0 radical (unpaired) electrons. The van der Waals surface area contributed by atoms with Crippen molar-refractivity contribution in [3.8, 4) is 0 Å². The minimum atomic E-state index is -0.863. The normalized spacial score (nSPS) is 12.2. The molecule has 0 N–H and O–H groups in total. The summed E-state index contributed by atoms with van der Waals surface area (Å²) in [6.07, 6.45) is 48.7. The minimum absolute atomic E-state index is 0.0169. The zero-order valence-electron chi connectivity index (χ0n) is 40.1. The topological polar surface area (TPSA) is 86.5 Å². The van der Waals surface area contributed by atoms with E-state index in [9.17, 15) is 9.59 Å². The number of esters is 2. The highest BCUT2D eigenvalue weighted by molar-refractivity contribution is 8.32. The van der Waals surface area contributed by atoms with Crippen LogP contribution in [0.2, 0.25) is 0 Å². The van der Waals surface area contributed by atoms with E-state index in [2.05, 4.69) is 60.9 Å². The van der Waals surface area contributed by atoms with Gasteiger partial charge in [-0.25, -0.2) is 10.0 Å². The Kier molecular flexibility index (Phi) is 36.9. The maximum absolute atomic E-state index is 12.9. The summed E-state index contributed by atoms with van der Waals surface area (Å²) in [5, 5.41) is 10.00. The van der Waals surface area contributed by atoms with Gasteiger partial charge in [0.2, 0.25) is 0 Å². The lowest BCUT2D eigenvalue weighted by molar-refractivity contribution is -0.150. The minimum Gasteiger partial charge on any atom is -0.466 e. The molecule has 0 saturated carbocycles. The number of aryl methyl sites for hydroxylation is 1. The number of nitrogens with zero attached hydrogens (tertiary/aromatic N) is 4. The molecule has 1 aromatic heterocycles. The molecule has 0 atom stereocenters. The van der Waals surface area contributed by atoms with Crippen molar-refractivity contribution in [2.45, 2.75) is 257 Å². The lowest BCUT2D eigenvalue weighted by atomic mass is 10.0. The summed E-state index contributed by atoms with van der Waals surface area (Å²) in [5.74, 6) is 0.0111. The van der Waals surface area contributed by atoms with Gasteiger partial charge < -0.3 is 14.4 Å². The summed E-state index contributed by atoms with van der Waals surface area (Å²) < 4.78 is 13.6. The molecular weight excluding hydrogens is 753 g/mol. The zero-order chi connectivity index (χ0) is 43.1. The molecular formula is C50H98N4O4S. The quantitative estimate of drug-likeness (QED) is 0.0477. The Hall–Kier alpha value is -1.61. The second kappa shape index (κ2) is 39.3. The molecule has 59 heavy (non-hydrogen) atoms. The Balaban J connectivity index is 2.37. The Labute approximate surface area is 367 Å². The van der Waals surface area contributed by atoms with Crippen molar-refractivity contribution >= 4 is 22.0 Å². The number of carbonyl (C=O) groups is 2. The third kappa shape index (κ3) is 34.6. The highest BCUT2D eigenvalue weighted by atomic mass is 32.3. The van der Waals surface area contributed by atoms with Crippen LogP contribution < -0.4 is 0 Å². The fourth-order valence-electron chi connectivity index (χ4n) is 7.86. The molecule has 1 aromatic rings. The standard InChI is InChI=1S/C50H98N4O4S/c1-7-10-13-16-19-28-35-45-57-49(55)39-31-24-20-26-33-41-53(43-36-44-54-46-48(51-52-54)59(4,5)6)42-34-27-21-25-32-40-50(56)58-47(37-29-22-17-14-11-8-2)38-30-23-18-15-12-9-3/h46-47H,7-45H2,1-6H3. The Bertz CT molecular complexity index is 1080. The number of hydrogen-bond donors (Lipinski definition) is 0. The number of hydrogen-bond acceptors (Lipinski definition) is 7. The van der Waals surface area contributed by atoms with Crippen LogP contribution in [0.4, 0.5) is 0 Å². The monoisotopic (exact) mass is 851 g/mol. The third-order valence-corrected chi connectivity index (χ3v) is 13.2. The van der Waals surface area contributed by atoms with E-state index in [-0.39, 0.29) is 18.0 Å². The predicted molar refractivity (Wildman–Crippen MR) is 255 cm³/mol. The van der Waals surface area contributed by atoms with Gasteiger partial charge in [0, 0.05) is 19.4 Å². The van der Waals surface area contributed by atoms with Gasteiger partial charge in [0.25, 0.3) is 0 Å². The van der Waals surface area contributed by atoms with E-state index in [1.165, 1.54) is 154 Å². The van der Waals surface area contributed by atoms with Gasteiger partial charge in [-0.1, -0.05) is 167 Å². The van der Waals surface area contributed by atoms with Gasteiger partial charge >= 0.3 is 11.9 Å². The lowest BCUT2D eigenvalue weighted by Crippen LogP contribution is -2.28. The van der Waals surface area contributed by atoms with E-state index >= 15 is 0 Å². The van der Waals surface area contributed by atoms with Gasteiger partial charge in [-0.15, -0.1) is 5.10 Å². The molecule has 1 rings (SSSR count). The van der Waals surface area contributed by atoms with Crippen LogP contribution in [0.3, 0.4) is 0 Å². The summed E-state index contributed by atoms with van der Waals surface area (Å²) in [4.78, 5) is 27.7. The van der Waals surface area contributed by atoms with Gasteiger partial charge in [-0.05, 0) is 103 Å². The first-order valence-electron chi connectivity index (χ1n) is 25.4. The molecule has 0 saturated heterocycles.